The number of likely N-dealkylation sites (N-methyl/N-ethyl adjacent to an activating group) is 1. The Labute approximate surface area is 99.8 Å². The first-order chi connectivity index (χ1) is 8.13. The number of nitrogens with one attached hydrogen (secondary N) is 2. The van der Waals surface area contributed by atoms with E-state index >= 15 is 0 Å². The standard InChI is InChI=1S/C12H16N2O3/c1-13-8-11(15)14-10(12(16)17)7-9-5-3-2-4-6-9/h2-6,10,13H,7-8H2,1H3,(H,14,15)(H,16,17)/t10-/m1/s1. The van der Waals surface area contributed by atoms with E-state index in [-0.39, 0.29) is 18.9 Å². The Kier molecular flexibility index (Phi) is 5.16. The molecule has 1 atom stereocenters. The molecule has 1 aromatic rings. The van der Waals surface area contributed by atoms with Crippen LogP contribution in [0, 0.1) is 0 Å². The van der Waals surface area contributed by atoms with Crippen LogP contribution in [0.5, 0.6) is 0 Å². The molecular weight excluding hydrogens is 220 g/mol. The molecule has 3 N–H and O–H groups in total. The van der Waals surface area contributed by atoms with E-state index in [1.165, 1.54) is 0 Å². The first-order valence-electron chi connectivity index (χ1n) is 5.34. The lowest BCUT2D eigenvalue weighted by molar-refractivity contribution is -0.141. The fourth-order valence-corrected chi connectivity index (χ4v) is 1.46. The van der Waals surface area contributed by atoms with Gasteiger partial charge in [0.25, 0.3) is 0 Å². The maximum Gasteiger partial charge on any atom is 0.326 e. The second-order valence-corrected chi connectivity index (χ2v) is 3.68. The summed E-state index contributed by atoms with van der Waals surface area (Å²) in [5, 5.41) is 14.2. The van der Waals surface area contributed by atoms with E-state index < -0.39 is 12.0 Å². The van der Waals surface area contributed by atoms with Gasteiger partial charge < -0.3 is 15.7 Å². The van der Waals surface area contributed by atoms with Gasteiger partial charge in [0.15, 0.2) is 0 Å². The third-order valence-corrected chi connectivity index (χ3v) is 2.25. The zero-order valence-electron chi connectivity index (χ0n) is 9.64. The highest BCUT2D eigenvalue weighted by Gasteiger charge is 2.19. The molecule has 1 amide bonds. The van der Waals surface area contributed by atoms with E-state index in [1.807, 2.05) is 30.3 Å². The molecular formula is C12H16N2O3. The van der Waals surface area contributed by atoms with Crippen LogP contribution in [0.15, 0.2) is 30.3 Å². The van der Waals surface area contributed by atoms with Crippen LogP contribution in [0.4, 0.5) is 0 Å². The zero-order chi connectivity index (χ0) is 12.7. The molecule has 5 nitrogen and oxygen atoms in total. The van der Waals surface area contributed by atoms with E-state index in [9.17, 15) is 9.59 Å². The Morgan fingerprint density at radius 1 is 1.29 bits per heavy atom. The van der Waals surface area contributed by atoms with Crippen LogP contribution in [0.25, 0.3) is 0 Å². The highest BCUT2D eigenvalue weighted by Crippen LogP contribution is 2.03. The van der Waals surface area contributed by atoms with Gasteiger partial charge in [-0.05, 0) is 12.6 Å². The van der Waals surface area contributed by atoms with Crippen molar-refractivity contribution in [2.24, 2.45) is 0 Å². The minimum Gasteiger partial charge on any atom is -0.480 e. The van der Waals surface area contributed by atoms with E-state index in [0.29, 0.717) is 0 Å². The lowest BCUT2D eigenvalue weighted by Gasteiger charge is -2.14. The zero-order valence-corrected chi connectivity index (χ0v) is 9.64. The Balaban J connectivity index is 2.61. The van der Waals surface area contributed by atoms with Crippen molar-refractivity contribution < 1.29 is 14.7 Å². The molecule has 5 heteroatoms. The summed E-state index contributed by atoms with van der Waals surface area (Å²) >= 11 is 0. The summed E-state index contributed by atoms with van der Waals surface area (Å²) < 4.78 is 0. The van der Waals surface area contributed by atoms with Gasteiger partial charge >= 0.3 is 5.97 Å². The van der Waals surface area contributed by atoms with Gasteiger partial charge in [0.05, 0.1) is 6.54 Å². The van der Waals surface area contributed by atoms with Crippen LogP contribution in [-0.4, -0.2) is 36.6 Å². The van der Waals surface area contributed by atoms with E-state index in [4.69, 9.17) is 5.11 Å². The number of carboxylic acid groups (broad SMARTS) is 1. The predicted molar refractivity (Wildman–Crippen MR) is 63.6 cm³/mol. The maximum atomic E-state index is 11.3. The Morgan fingerprint density at radius 2 is 1.94 bits per heavy atom. The summed E-state index contributed by atoms with van der Waals surface area (Å²) in [6, 6.07) is 8.31. The molecule has 0 fully saturated rings. The topological polar surface area (TPSA) is 78.4 Å². The van der Waals surface area contributed by atoms with E-state index in [0.717, 1.165) is 5.56 Å². The number of carboxylic acids is 1. The van der Waals surface area contributed by atoms with Crippen molar-refractivity contribution >= 4 is 11.9 Å². The van der Waals surface area contributed by atoms with Gasteiger partial charge in [-0.2, -0.15) is 0 Å². The normalized spacial score (nSPS) is 11.8. The summed E-state index contributed by atoms with van der Waals surface area (Å²) in [6.07, 6.45) is 0.283. The minimum atomic E-state index is -1.03. The van der Waals surface area contributed by atoms with Crippen LogP contribution >= 0.6 is 0 Å². The number of benzene rings is 1. The van der Waals surface area contributed by atoms with E-state index in [1.54, 1.807) is 7.05 Å². The third-order valence-electron chi connectivity index (χ3n) is 2.25. The van der Waals surface area contributed by atoms with Crippen molar-refractivity contribution in [3.63, 3.8) is 0 Å². The fourth-order valence-electron chi connectivity index (χ4n) is 1.46. The SMILES string of the molecule is CNCC(=O)N[C@H](Cc1ccccc1)C(=O)O. The maximum absolute atomic E-state index is 11.3. The number of hydrogen-bond donors (Lipinski definition) is 3. The van der Waals surface area contributed by atoms with Gasteiger partial charge in [-0.3, -0.25) is 4.79 Å². The van der Waals surface area contributed by atoms with Gasteiger partial charge in [0.2, 0.25) is 5.91 Å². The second-order valence-electron chi connectivity index (χ2n) is 3.68. The van der Waals surface area contributed by atoms with Gasteiger partial charge in [0.1, 0.15) is 6.04 Å². The molecule has 0 heterocycles. The monoisotopic (exact) mass is 236 g/mol. The molecule has 0 spiro atoms. The van der Waals surface area contributed by atoms with Crippen molar-refractivity contribution in [3.8, 4) is 0 Å². The van der Waals surface area contributed by atoms with Crippen molar-refractivity contribution in [1.82, 2.24) is 10.6 Å². The first-order valence-corrected chi connectivity index (χ1v) is 5.34. The van der Waals surface area contributed by atoms with Gasteiger partial charge in [0, 0.05) is 6.42 Å². The summed E-state index contributed by atoms with van der Waals surface area (Å²) in [5.41, 5.74) is 0.879. The number of aliphatic carboxylic acids is 1. The van der Waals surface area contributed by atoms with Gasteiger partial charge in [-0.25, -0.2) is 4.79 Å². The molecule has 0 saturated carbocycles. The Hall–Kier alpha value is -1.88. The molecule has 0 aromatic heterocycles. The second kappa shape index (κ2) is 6.65. The Morgan fingerprint density at radius 3 is 2.47 bits per heavy atom. The summed E-state index contributed by atoms with van der Waals surface area (Å²) in [5.74, 6) is -1.35. The van der Waals surface area contributed by atoms with Crippen molar-refractivity contribution in [2.45, 2.75) is 12.5 Å². The average Bonchev–Trinajstić information content (AvgIpc) is 2.29. The van der Waals surface area contributed by atoms with Crippen molar-refractivity contribution in [2.75, 3.05) is 13.6 Å². The highest BCUT2D eigenvalue weighted by atomic mass is 16.4. The molecule has 17 heavy (non-hydrogen) atoms. The van der Waals surface area contributed by atoms with Gasteiger partial charge in [-0.15, -0.1) is 0 Å². The third kappa shape index (κ3) is 4.65. The number of amides is 1. The van der Waals surface area contributed by atoms with Crippen LogP contribution in [0.2, 0.25) is 0 Å². The molecule has 1 rings (SSSR count). The Bertz CT molecular complexity index is 379. The lowest BCUT2D eigenvalue weighted by atomic mass is 10.1. The largest absolute Gasteiger partial charge is 0.480 e. The highest BCUT2D eigenvalue weighted by molar-refractivity contribution is 5.84. The lowest BCUT2D eigenvalue weighted by Crippen LogP contribution is -2.45. The first kappa shape index (κ1) is 13.2. The van der Waals surface area contributed by atoms with Crippen LogP contribution in [0.3, 0.4) is 0 Å². The predicted octanol–water partition coefficient (Wildman–Crippen LogP) is 0.0179. The number of carbonyl (C=O) groups is 2. The molecule has 0 aliphatic carbocycles. The smallest absolute Gasteiger partial charge is 0.326 e. The molecule has 92 valence electrons. The van der Waals surface area contributed by atoms with Crippen molar-refractivity contribution in [1.29, 1.82) is 0 Å². The molecule has 0 bridgehead atoms. The van der Waals surface area contributed by atoms with Gasteiger partial charge in [-0.1, -0.05) is 30.3 Å². The fraction of sp³-hybridized carbons (Fsp3) is 0.333. The molecule has 0 saturated heterocycles. The molecule has 0 aliphatic rings. The minimum absolute atomic E-state index is 0.110. The number of rotatable bonds is 6. The van der Waals surface area contributed by atoms with Crippen molar-refractivity contribution in [3.05, 3.63) is 35.9 Å². The number of carbonyl (C=O) groups excluding carboxylic acids is 1. The molecule has 1 aromatic carbocycles. The quantitative estimate of drug-likeness (QED) is 0.650. The van der Waals surface area contributed by atoms with Crippen LogP contribution in [-0.2, 0) is 16.0 Å². The average molecular weight is 236 g/mol. The molecule has 0 radical (unpaired) electrons. The summed E-state index contributed by atoms with van der Waals surface area (Å²) in [4.78, 5) is 22.3. The summed E-state index contributed by atoms with van der Waals surface area (Å²) in [7, 11) is 1.63. The van der Waals surface area contributed by atoms with Crippen LogP contribution in [0.1, 0.15) is 5.56 Å². The number of hydrogen-bond acceptors (Lipinski definition) is 3. The molecule has 0 aliphatic heterocycles. The summed E-state index contributed by atoms with van der Waals surface area (Å²) in [6.45, 7) is 0.110. The van der Waals surface area contributed by atoms with E-state index in [2.05, 4.69) is 10.6 Å². The van der Waals surface area contributed by atoms with Crippen LogP contribution < -0.4 is 10.6 Å². The molecule has 0 unspecified atom stereocenters.